The van der Waals surface area contributed by atoms with Gasteiger partial charge >= 0.3 is 6.09 Å². The Bertz CT molecular complexity index is 277. The first-order valence-corrected chi connectivity index (χ1v) is 5.73. The van der Waals surface area contributed by atoms with Crippen LogP contribution in [-0.2, 0) is 9.53 Å². The number of hydrogen-bond acceptors (Lipinski definition) is 5. The van der Waals surface area contributed by atoms with E-state index < -0.39 is 11.9 Å². The summed E-state index contributed by atoms with van der Waals surface area (Å²) in [5.41, 5.74) is 10.7. The third kappa shape index (κ3) is 4.20. The minimum atomic E-state index is -0.649. The van der Waals surface area contributed by atoms with E-state index in [4.69, 9.17) is 16.2 Å². The lowest BCUT2D eigenvalue weighted by atomic mass is 10.2. The van der Waals surface area contributed by atoms with Gasteiger partial charge in [-0.1, -0.05) is 0 Å². The predicted molar refractivity (Wildman–Crippen MR) is 62.2 cm³/mol. The van der Waals surface area contributed by atoms with Crippen LogP contribution in [0.2, 0.25) is 0 Å². The van der Waals surface area contributed by atoms with Crippen molar-refractivity contribution in [2.24, 2.45) is 11.5 Å². The first kappa shape index (κ1) is 13.7. The van der Waals surface area contributed by atoms with Crippen LogP contribution in [0.5, 0.6) is 0 Å². The Hall–Kier alpha value is -1.34. The Balaban J connectivity index is 2.30. The van der Waals surface area contributed by atoms with Crippen molar-refractivity contribution >= 4 is 12.0 Å². The monoisotopic (exact) mass is 244 g/mol. The molecule has 4 N–H and O–H groups in total. The molecule has 0 radical (unpaired) electrons. The number of piperazine rings is 1. The van der Waals surface area contributed by atoms with Gasteiger partial charge in [0.25, 0.3) is 0 Å². The van der Waals surface area contributed by atoms with Gasteiger partial charge in [0.15, 0.2) is 0 Å². The molecular formula is C10H20N4O3. The largest absolute Gasteiger partial charge is 0.450 e. The quantitative estimate of drug-likeness (QED) is 0.631. The zero-order valence-corrected chi connectivity index (χ0v) is 10.1. The summed E-state index contributed by atoms with van der Waals surface area (Å²) >= 11 is 0. The van der Waals surface area contributed by atoms with Crippen molar-refractivity contribution in [1.29, 1.82) is 0 Å². The maximum Gasteiger partial charge on any atom is 0.409 e. The van der Waals surface area contributed by atoms with E-state index in [2.05, 4.69) is 0 Å². The summed E-state index contributed by atoms with van der Waals surface area (Å²) < 4.78 is 4.91. The molecule has 1 heterocycles. The Morgan fingerprint density at radius 1 is 1.29 bits per heavy atom. The molecule has 1 fully saturated rings. The van der Waals surface area contributed by atoms with Crippen LogP contribution in [0.1, 0.15) is 6.92 Å². The van der Waals surface area contributed by atoms with Crippen molar-refractivity contribution in [2.45, 2.75) is 13.0 Å². The Labute approximate surface area is 101 Å². The van der Waals surface area contributed by atoms with Gasteiger partial charge in [0.2, 0.25) is 5.91 Å². The lowest BCUT2D eigenvalue weighted by Crippen LogP contribution is -2.53. The van der Waals surface area contributed by atoms with Gasteiger partial charge in [-0.05, 0) is 6.92 Å². The summed E-state index contributed by atoms with van der Waals surface area (Å²) in [5.74, 6) is -0.502. The Kier molecular flexibility index (Phi) is 5.17. The van der Waals surface area contributed by atoms with Crippen molar-refractivity contribution < 1.29 is 14.3 Å². The summed E-state index contributed by atoms with van der Waals surface area (Å²) in [7, 11) is 0. The fourth-order valence-electron chi connectivity index (χ4n) is 1.70. The highest BCUT2D eigenvalue weighted by atomic mass is 16.6. The first-order valence-electron chi connectivity index (χ1n) is 5.73. The molecule has 0 aromatic carbocycles. The van der Waals surface area contributed by atoms with Crippen LogP contribution in [-0.4, -0.2) is 67.2 Å². The number of nitrogens with two attached hydrogens (primary N) is 2. The summed E-state index contributed by atoms with van der Waals surface area (Å²) in [5, 5.41) is 0. The van der Waals surface area contributed by atoms with Crippen LogP contribution in [0.4, 0.5) is 4.79 Å². The molecule has 1 rings (SSSR count). The maximum absolute atomic E-state index is 11.4. The molecule has 0 saturated carbocycles. The van der Waals surface area contributed by atoms with Crippen molar-refractivity contribution in [3.8, 4) is 0 Å². The van der Waals surface area contributed by atoms with Gasteiger partial charge in [0, 0.05) is 32.7 Å². The number of rotatable bonds is 4. The highest BCUT2D eigenvalue weighted by Gasteiger charge is 2.23. The van der Waals surface area contributed by atoms with Crippen molar-refractivity contribution in [3.63, 3.8) is 0 Å². The number of carbonyl (C=O) groups excluding carboxylic acids is 2. The molecule has 7 nitrogen and oxygen atoms in total. The van der Waals surface area contributed by atoms with Gasteiger partial charge in [-0.3, -0.25) is 9.69 Å². The molecule has 1 aliphatic heterocycles. The van der Waals surface area contributed by atoms with Crippen LogP contribution in [0.3, 0.4) is 0 Å². The zero-order valence-electron chi connectivity index (χ0n) is 10.1. The first-order chi connectivity index (χ1) is 8.04. The van der Waals surface area contributed by atoms with Crippen molar-refractivity contribution in [1.82, 2.24) is 9.80 Å². The molecular weight excluding hydrogens is 224 g/mol. The SMILES string of the molecule is CCOC(=O)N1CCN(CC(N)C(N)=O)CC1. The molecule has 2 amide bonds. The molecule has 1 unspecified atom stereocenters. The van der Waals surface area contributed by atoms with Crippen molar-refractivity contribution in [3.05, 3.63) is 0 Å². The number of primary amides is 1. The summed E-state index contributed by atoms with van der Waals surface area (Å²) in [6, 6.07) is -0.649. The van der Waals surface area contributed by atoms with E-state index in [0.29, 0.717) is 39.3 Å². The molecule has 7 heteroatoms. The molecule has 0 aromatic rings. The summed E-state index contributed by atoms with van der Waals surface area (Å²) in [6.45, 7) is 5.13. The van der Waals surface area contributed by atoms with Gasteiger partial charge in [0.1, 0.15) is 0 Å². The summed E-state index contributed by atoms with van der Waals surface area (Å²) in [6.07, 6.45) is -0.286. The summed E-state index contributed by atoms with van der Waals surface area (Å²) in [4.78, 5) is 25.9. The number of carbonyl (C=O) groups is 2. The van der Waals surface area contributed by atoms with Crippen LogP contribution < -0.4 is 11.5 Å². The van der Waals surface area contributed by atoms with Crippen LogP contribution in [0, 0.1) is 0 Å². The normalized spacial score (nSPS) is 18.8. The van der Waals surface area contributed by atoms with E-state index in [-0.39, 0.29) is 6.09 Å². The number of nitrogens with zero attached hydrogens (tertiary/aromatic N) is 2. The number of amides is 2. The molecule has 1 aliphatic rings. The number of ether oxygens (including phenoxy) is 1. The van der Waals surface area contributed by atoms with E-state index in [1.54, 1.807) is 11.8 Å². The van der Waals surface area contributed by atoms with Crippen LogP contribution in [0.25, 0.3) is 0 Å². The molecule has 1 atom stereocenters. The smallest absolute Gasteiger partial charge is 0.409 e. The van der Waals surface area contributed by atoms with Gasteiger partial charge in [-0.15, -0.1) is 0 Å². The topological polar surface area (TPSA) is 102 Å². The number of hydrogen-bond donors (Lipinski definition) is 2. The molecule has 0 bridgehead atoms. The third-order valence-corrected chi connectivity index (χ3v) is 2.72. The van der Waals surface area contributed by atoms with Crippen molar-refractivity contribution in [2.75, 3.05) is 39.3 Å². The second-order valence-electron chi connectivity index (χ2n) is 4.00. The van der Waals surface area contributed by atoms with Gasteiger partial charge in [-0.25, -0.2) is 4.79 Å². The molecule has 1 saturated heterocycles. The standard InChI is InChI=1S/C10H20N4O3/c1-2-17-10(16)14-5-3-13(4-6-14)7-8(11)9(12)15/h8H,2-7,11H2,1H3,(H2,12,15). The fourth-order valence-corrected chi connectivity index (χ4v) is 1.70. The van der Waals surface area contributed by atoms with Crippen LogP contribution in [0.15, 0.2) is 0 Å². The predicted octanol–water partition coefficient (Wildman–Crippen LogP) is -1.43. The zero-order chi connectivity index (χ0) is 12.8. The third-order valence-electron chi connectivity index (χ3n) is 2.72. The molecule has 0 aromatic heterocycles. The molecule has 0 spiro atoms. The highest BCUT2D eigenvalue weighted by Crippen LogP contribution is 2.04. The van der Waals surface area contributed by atoms with E-state index in [9.17, 15) is 9.59 Å². The molecule has 17 heavy (non-hydrogen) atoms. The van der Waals surface area contributed by atoms with Crippen LogP contribution >= 0.6 is 0 Å². The van der Waals surface area contributed by atoms with Gasteiger partial charge in [0.05, 0.1) is 12.6 Å². The van der Waals surface area contributed by atoms with E-state index >= 15 is 0 Å². The average Bonchev–Trinajstić information content (AvgIpc) is 2.30. The van der Waals surface area contributed by atoms with E-state index in [1.807, 2.05) is 4.90 Å². The highest BCUT2D eigenvalue weighted by molar-refractivity contribution is 5.79. The van der Waals surface area contributed by atoms with Gasteiger partial charge < -0.3 is 21.1 Å². The lowest BCUT2D eigenvalue weighted by molar-refractivity contribution is -0.119. The molecule has 98 valence electrons. The van der Waals surface area contributed by atoms with E-state index in [0.717, 1.165) is 0 Å². The molecule has 0 aliphatic carbocycles. The minimum Gasteiger partial charge on any atom is -0.450 e. The Morgan fingerprint density at radius 3 is 2.35 bits per heavy atom. The van der Waals surface area contributed by atoms with E-state index in [1.165, 1.54) is 0 Å². The van der Waals surface area contributed by atoms with Gasteiger partial charge in [-0.2, -0.15) is 0 Å². The lowest BCUT2D eigenvalue weighted by Gasteiger charge is -2.34. The maximum atomic E-state index is 11.4. The second kappa shape index (κ2) is 6.41. The average molecular weight is 244 g/mol. The Morgan fingerprint density at radius 2 is 1.88 bits per heavy atom. The fraction of sp³-hybridized carbons (Fsp3) is 0.800. The second-order valence-corrected chi connectivity index (χ2v) is 4.00. The minimum absolute atomic E-state index is 0.286.